The number of pyridine rings is 1. The number of amides is 1. The van der Waals surface area contributed by atoms with Crippen LogP contribution in [0.1, 0.15) is 58.1 Å². The minimum absolute atomic E-state index is 0.121. The molecule has 0 saturated heterocycles. The number of carbonyl (C=O) groups is 1. The number of aryl methyl sites for hydroxylation is 2. The number of benzene rings is 2. The Kier molecular flexibility index (Phi) is 7.39. The first-order valence-electron chi connectivity index (χ1n) is 11.9. The lowest BCUT2D eigenvalue weighted by Crippen LogP contribution is -2.31. The van der Waals surface area contributed by atoms with E-state index in [1.54, 1.807) is 31.2 Å². The number of nitriles is 1. The van der Waals surface area contributed by atoms with E-state index in [2.05, 4.69) is 27.5 Å². The molecule has 0 bridgehead atoms. The quantitative estimate of drug-likeness (QED) is 0.299. The number of hydrogen-bond donors (Lipinski definition) is 2. The Labute approximate surface area is 213 Å². The minimum Gasteiger partial charge on any atom is -0.321 e. The smallest absolute Gasteiger partial charge is 0.292 e. The number of unbranched alkanes of at least 4 members (excludes halogenated alkanes) is 1. The van der Waals surface area contributed by atoms with Crippen LogP contribution >= 0.6 is 0 Å². The lowest BCUT2D eigenvalue weighted by Gasteiger charge is -2.12. The maximum Gasteiger partial charge on any atom is 0.292 e. The van der Waals surface area contributed by atoms with Gasteiger partial charge >= 0.3 is 0 Å². The zero-order valence-corrected chi connectivity index (χ0v) is 20.8. The summed E-state index contributed by atoms with van der Waals surface area (Å²) < 4.78 is 1.05. The number of nitrogens with zero attached hydrogens (tertiary/aromatic N) is 4. The summed E-state index contributed by atoms with van der Waals surface area (Å²) in [6.07, 6.45) is 4.38. The summed E-state index contributed by atoms with van der Waals surface area (Å²) in [5, 5.41) is 18.6. The number of fused-ring (bicyclic) bond motifs is 1. The number of aromatic nitrogens is 3. The maximum absolute atomic E-state index is 12.9. The molecule has 9 nitrogen and oxygen atoms in total. The summed E-state index contributed by atoms with van der Waals surface area (Å²) in [4.78, 5) is 41.1. The molecular weight excluding hydrogens is 468 g/mol. The van der Waals surface area contributed by atoms with Crippen molar-refractivity contribution in [2.75, 3.05) is 0 Å². The summed E-state index contributed by atoms with van der Waals surface area (Å²) in [6.45, 7) is 5.42. The summed E-state index contributed by atoms with van der Waals surface area (Å²) in [7, 11) is 0. The molecule has 2 aromatic carbocycles. The highest BCUT2D eigenvalue weighted by atomic mass is 16.2. The number of para-hydroxylation sites is 1. The predicted octanol–water partition coefficient (Wildman–Crippen LogP) is 3.67. The molecule has 4 aromatic rings. The minimum atomic E-state index is -0.716. The first-order valence-corrected chi connectivity index (χ1v) is 11.9. The fourth-order valence-electron chi connectivity index (χ4n) is 4.04. The van der Waals surface area contributed by atoms with Crippen LogP contribution in [0.5, 0.6) is 0 Å². The van der Waals surface area contributed by atoms with Crippen LogP contribution in [0.15, 0.2) is 63.2 Å². The van der Waals surface area contributed by atoms with Crippen LogP contribution in [-0.4, -0.2) is 26.9 Å². The second-order valence-corrected chi connectivity index (χ2v) is 8.74. The van der Waals surface area contributed by atoms with Gasteiger partial charge in [0.25, 0.3) is 17.0 Å². The van der Waals surface area contributed by atoms with Gasteiger partial charge in [0.15, 0.2) is 5.69 Å². The van der Waals surface area contributed by atoms with Crippen molar-refractivity contribution < 1.29 is 4.79 Å². The van der Waals surface area contributed by atoms with Crippen molar-refractivity contribution >= 4 is 23.0 Å². The van der Waals surface area contributed by atoms with E-state index in [0.29, 0.717) is 11.2 Å². The van der Waals surface area contributed by atoms with Gasteiger partial charge in [-0.25, -0.2) is 5.43 Å². The standard InChI is InChI=1S/C28H26N6O3/c1-4-5-9-19-11-12-23-20(13-19)14-21(26(35)31-23)16-30-32-27(36)25-18(3)22(15-29)28(37)34(33-25)24-10-7-6-8-17(24)2/h6-8,10-14,16H,4-5,9H2,1-3H3,(H,31,35)(H,32,36)/b30-16+. The van der Waals surface area contributed by atoms with Crippen molar-refractivity contribution in [3.05, 3.63) is 103 Å². The van der Waals surface area contributed by atoms with Gasteiger partial charge in [-0.3, -0.25) is 14.4 Å². The predicted molar refractivity (Wildman–Crippen MR) is 142 cm³/mol. The van der Waals surface area contributed by atoms with E-state index in [0.717, 1.165) is 34.9 Å². The lowest BCUT2D eigenvalue weighted by molar-refractivity contribution is 0.0947. The van der Waals surface area contributed by atoms with Crippen LogP contribution in [0.25, 0.3) is 16.6 Å². The highest BCUT2D eigenvalue weighted by Gasteiger charge is 2.20. The normalized spacial score (nSPS) is 11.1. The number of H-pyrrole nitrogens is 1. The molecule has 37 heavy (non-hydrogen) atoms. The van der Waals surface area contributed by atoms with E-state index in [4.69, 9.17) is 0 Å². The van der Waals surface area contributed by atoms with Crippen LogP contribution in [0.4, 0.5) is 0 Å². The Balaban J connectivity index is 1.64. The van der Waals surface area contributed by atoms with E-state index in [-0.39, 0.29) is 27.9 Å². The molecule has 1 amide bonds. The Hall–Kier alpha value is -4.84. The first-order chi connectivity index (χ1) is 17.8. The number of aromatic amines is 1. The van der Waals surface area contributed by atoms with Gasteiger partial charge in [0.1, 0.15) is 11.6 Å². The molecule has 0 atom stereocenters. The van der Waals surface area contributed by atoms with Crippen LogP contribution in [-0.2, 0) is 6.42 Å². The van der Waals surface area contributed by atoms with Gasteiger partial charge in [-0.1, -0.05) is 37.6 Å². The van der Waals surface area contributed by atoms with E-state index in [1.165, 1.54) is 18.7 Å². The fourth-order valence-corrected chi connectivity index (χ4v) is 4.04. The van der Waals surface area contributed by atoms with Crippen molar-refractivity contribution in [2.24, 2.45) is 5.10 Å². The average Bonchev–Trinajstić information content (AvgIpc) is 2.88. The molecule has 0 saturated carbocycles. The monoisotopic (exact) mass is 494 g/mol. The summed E-state index contributed by atoms with van der Waals surface area (Å²) in [5.41, 5.74) is 4.62. The Morgan fingerprint density at radius 2 is 1.97 bits per heavy atom. The van der Waals surface area contributed by atoms with Crippen molar-refractivity contribution in [2.45, 2.75) is 40.0 Å². The molecule has 0 aliphatic rings. The largest absolute Gasteiger partial charge is 0.321 e. The molecule has 2 N–H and O–H groups in total. The number of hydrogen-bond acceptors (Lipinski definition) is 6. The lowest BCUT2D eigenvalue weighted by atomic mass is 10.0. The van der Waals surface area contributed by atoms with Gasteiger partial charge in [0.05, 0.1) is 17.5 Å². The highest BCUT2D eigenvalue weighted by Crippen LogP contribution is 2.16. The maximum atomic E-state index is 12.9. The molecule has 0 spiro atoms. The van der Waals surface area contributed by atoms with E-state index in [9.17, 15) is 19.6 Å². The Morgan fingerprint density at radius 1 is 1.19 bits per heavy atom. The zero-order chi connectivity index (χ0) is 26.5. The fraction of sp³-hybridized carbons (Fsp3) is 0.214. The van der Waals surface area contributed by atoms with Crippen molar-refractivity contribution in [1.82, 2.24) is 20.2 Å². The molecule has 4 rings (SSSR count). The van der Waals surface area contributed by atoms with Gasteiger partial charge in [-0.15, -0.1) is 0 Å². The number of hydrazone groups is 1. The molecule has 9 heteroatoms. The van der Waals surface area contributed by atoms with Crippen LogP contribution in [0, 0.1) is 25.2 Å². The van der Waals surface area contributed by atoms with Crippen LogP contribution in [0.2, 0.25) is 0 Å². The van der Waals surface area contributed by atoms with Crippen LogP contribution in [0.3, 0.4) is 0 Å². The highest BCUT2D eigenvalue weighted by molar-refractivity contribution is 5.95. The number of nitrogens with one attached hydrogen (secondary N) is 2. The SMILES string of the molecule is CCCCc1ccc2[nH]c(=O)c(/C=N/NC(=O)c3nn(-c4ccccc4C)c(=O)c(C#N)c3C)cc2c1. The van der Waals surface area contributed by atoms with Gasteiger partial charge in [-0.2, -0.15) is 20.1 Å². The first kappa shape index (κ1) is 25.3. The third-order valence-corrected chi connectivity index (χ3v) is 6.13. The summed E-state index contributed by atoms with van der Waals surface area (Å²) >= 11 is 0. The number of rotatable bonds is 7. The zero-order valence-electron chi connectivity index (χ0n) is 20.8. The second kappa shape index (κ2) is 10.8. The molecule has 0 aliphatic carbocycles. The van der Waals surface area contributed by atoms with Crippen molar-refractivity contribution in [3.8, 4) is 11.8 Å². The van der Waals surface area contributed by atoms with Crippen molar-refractivity contribution in [3.63, 3.8) is 0 Å². The van der Waals surface area contributed by atoms with Gasteiger partial charge in [0.2, 0.25) is 0 Å². The molecule has 2 heterocycles. The third-order valence-electron chi connectivity index (χ3n) is 6.13. The molecule has 2 aromatic heterocycles. The molecule has 0 radical (unpaired) electrons. The summed E-state index contributed by atoms with van der Waals surface area (Å²) in [6, 6.07) is 16.5. The Bertz CT molecular complexity index is 1690. The molecule has 0 unspecified atom stereocenters. The van der Waals surface area contributed by atoms with Gasteiger partial charge in [0, 0.05) is 11.1 Å². The molecule has 186 valence electrons. The average molecular weight is 495 g/mol. The van der Waals surface area contributed by atoms with Gasteiger partial charge < -0.3 is 4.98 Å². The summed E-state index contributed by atoms with van der Waals surface area (Å²) in [5.74, 6) is -0.716. The molecular formula is C28H26N6O3. The Morgan fingerprint density at radius 3 is 2.70 bits per heavy atom. The van der Waals surface area contributed by atoms with E-state index < -0.39 is 11.5 Å². The molecule has 0 aliphatic heterocycles. The second-order valence-electron chi connectivity index (χ2n) is 8.74. The van der Waals surface area contributed by atoms with E-state index in [1.807, 2.05) is 30.3 Å². The van der Waals surface area contributed by atoms with E-state index >= 15 is 0 Å². The van der Waals surface area contributed by atoms with Crippen LogP contribution < -0.4 is 16.5 Å². The third kappa shape index (κ3) is 5.23. The van der Waals surface area contributed by atoms with Gasteiger partial charge in [-0.05, 0) is 67.5 Å². The topological polar surface area (TPSA) is 133 Å². The number of carbonyl (C=O) groups excluding carboxylic acids is 1. The van der Waals surface area contributed by atoms with Crippen molar-refractivity contribution in [1.29, 1.82) is 5.26 Å². The molecule has 0 fully saturated rings.